The normalized spacial score (nSPS) is 11.3. The highest BCUT2D eigenvalue weighted by Crippen LogP contribution is 2.43. The second-order valence-corrected chi connectivity index (χ2v) is 9.89. The summed E-state index contributed by atoms with van der Waals surface area (Å²) in [7, 11) is 1.53. The summed E-state index contributed by atoms with van der Waals surface area (Å²) in [5.74, 6) is -0.192. The zero-order valence-electron chi connectivity index (χ0n) is 22.2. The molecule has 2 amide bonds. The van der Waals surface area contributed by atoms with E-state index in [9.17, 15) is 18.4 Å². The number of nitrogens with two attached hydrogens (primary N) is 1. The topological polar surface area (TPSA) is 134 Å². The molecule has 13 heteroatoms. The number of nitrogens with one attached hydrogen (secondary N) is 1. The number of benzene rings is 1. The van der Waals surface area contributed by atoms with Crippen molar-refractivity contribution in [2.45, 2.75) is 33.4 Å². The zero-order chi connectivity index (χ0) is 29.3. The fourth-order valence-electron chi connectivity index (χ4n) is 4.32. The molecule has 0 spiro atoms. The van der Waals surface area contributed by atoms with Crippen LogP contribution in [-0.4, -0.2) is 33.7 Å². The summed E-state index contributed by atoms with van der Waals surface area (Å²) in [4.78, 5) is 29.8. The Hall–Kier alpha value is -4.78. The summed E-state index contributed by atoms with van der Waals surface area (Å²) in [5, 5.41) is 7.41. The van der Waals surface area contributed by atoms with Gasteiger partial charge in [-0.05, 0) is 49.7 Å². The number of primary amides is 1. The lowest BCUT2D eigenvalue weighted by Gasteiger charge is -2.10. The summed E-state index contributed by atoms with van der Waals surface area (Å²) in [6, 6.07) is 11.4. The van der Waals surface area contributed by atoms with Crippen LogP contribution in [0.2, 0.25) is 0 Å². The second kappa shape index (κ2) is 11.4. The second-order valence-electron chi connectivity index (χ2n) is 8.89. The Labute approximate surface area is 236 Å². The standard InChI is InChI=1S/C28H25F2N5O5S/c1-4-35-12-17(14(2)34-35)16-11-18(25(29)30)32-28-22(16)23(24(41-28)26(31)36)33-27(37)21-10-9-15(40-21)13-39-20-8-6-5-7-19(20)38-3/h5-12,25H,4,13H2,1-3H3,(H2,31,36)(H,33,37). The van der Waals surface area contributed by atoms with Gasteiger partial charge >= 0.3 is 0 Å². The van der Waals surface area contributed by atoms with Crippen LogP contribution in [0.1, 0.15) is 50.7 Å². The number of alkyl halides is 2. The minimum absolute atomic E-state index is 0.0206. The molecule has 10 nitrogen and oxygen atoms in total. The van der Waals surface area contributed by atoms with Crippen LogP contribution in [0.5, 0.6) is 11.5 Å². The van der Waals surface area contributed by atoms with Gasteiger partial charge in [-0.2, -0.15) is 5.10 Å². The molecular formula is C28H25F2N5O5S. The first-order valence-corrected chi connectivity index (χ1v) is 13.3. The van der Waals surface area contributed by atoms with Crippen LogP contribution < -0.4 is 20.5 Å². The molecule has 212 valence electrons. The van der Waals surface area contributed by atoms with Crippen molar-refractivity contribution in [1.29, 1.82) is 0 Å². The van der Waals surface area contributed by atoms with Gasteiger partial charge in [-0.25, -0.2) is 13.8 Å². The first-order chi connectivity index (χ1) is 19.7. The molecule has 0 unspecified atom stereocenters. The number of halogens is 2. The molecule has 0 saturated heterocycles. The summed E-state index contributed by atoms with van der Waals surface area (Å²) in [5.41, 5.74) is 6.69. The van der Waals surface area contributed by atoms with E-state index in [4.69, 9.17) is 19.6 Å². The predicted octanol–water partition coefficient (Wildman–Crippen LogP) is 5.96. The van der Waals surface area contributed by atoms with Gasteiger partial charge in [0.1, 0.15) is 27.8 Å². The summed E-state index contributed by atoms with van der Waals surface area (Å²) in [6.07, 6.45) is -1.15. The van der Waals surface area contributed by atoms with Gasteiger partial charge in [0.25, 0.3) is 18.2 Å². The van der Waals surface area contributed by atoms with Crippen LogP contribution in [0.4, 0.5) is 14.5 Å². The van der Waals surface area contributed by atoms with E-state index >= 15 is 0 Å². The average Bonchev–Trinajstić information content (AvgIpc) is 3.68. The Morgan fingerprint density at radius 1 is 1.17 bits per heavy atom. The highest BCUT2D eigenvalue weighted by atomic mass is 32.1. The third-order valence-electron chi connectivity index (χ3n) is 6.25. The molecule has 0 atom stereocenters. The summed E-state index contributed by atoms with van der Waals surface area (Å²) < 4.78 is 46.0. The summed E-state index contributed by atoms with van der Waals surface area (Å²) in [6.45, 7) is 4.21. The molecular weight excluding hydrogens is 556 g/mol. The maximum Gasteiger partial charge on any atom is 0.291 e. The number of rotatable bonds is 10. The summed E-state index contributed by atoms with van der Waals surface area (Å²) >= 11 is 0.819. The minimum atomic E-state index is -2.86. The molecule has 41 heavy (non-hydrogen) atoms. The lowest BCUT2D eigenvalue weighted by atomic mass is 10.0. The van der Waals surface area contributed by atoms with Crippen LogP contribution in [-0.2, 0) is 13.2 Å². The number of furan rings is 1. The number of hydrogen-bond donors (Lipinski definition) is 2. The van der Waals surface area contributed by atoms with Gasteiger partial charge in [0.15, 0.2) is 17.3 Å². The number of pyridine rings is 1. The van der Waals surface area contributed by atoms with Gasteiger partial charge in [0, 0.05) is 23.7 Å². The number of methoxy groups -OCH3 is 1. The van der Waals surface area contributed by atoms with Gasteiger partial charge in [0.05, 0.1) is 18.5 Å². The van der Waals surface area contributed by atoms with E-state index in [0.717, 1.165) is 11.3 Å². The van der Waals surface area contributed by atoms with Crippen molar-refractivity contribution in [3.63, 3.8) is 0 Å². The van der Waals surface area contributed by atoms with Crippen molar-refractivity contribution in [3.05, 3.63) is 76.4 Å². The number of aromatic nitrogens is 3. The smallest absolute Gasteiger partial charge is 0.291 e. The number of hydrogen-bond acceptors (Lipinski definition) is 8. The molecule has 4 aromatic heterocycles. The lowest BCUT2D eigenvalue weighted by Crippen LogP contribution is -2.16. The van der Waals surface area contributed by atoms with Crippen LogP contribution in [0.25, 0.3) is 21.3 Å². The number of aryl methyl sites for hydroxylation is 2. The molecule has 0 fully saturated rings. The number of para-hydroxylation sites is 2. The van der Waals surface area contributed by atoms with E-state index in [2.05, 4.69) is 15.4 Å². The van der Waals surface area contributed by atoms with E-state index in [0.29, 0.717) is 46.0 Å². The van der Waals surface area contributed by atoms with Crippen LogP contribution in [0, 0.1) is 6.92 Å². The van der Waals surface area contributed by atoms with Crippen LogP contribution >= 0.6 is 11.3 Å². The van der Waals surface area contributed by atoms with E-state index in [1.807, 2.05) is 13.0 Å². The largest absolute Gasteiger partial charge is 0.493 e. The molecule has 1 aromatic carbocycles. The minimum Gasteiger partial charge on any atom is -0.493 e. The monoisotopic (exact) mass is 581 g/mol. The van der Waals surface area contributed by atoms with Crippen molar-refractivity contribution in [3.8, 4) is 22.6 Å². The maximum atomic E-state index is 13.8. The molecule has 0 aliphatic rings. The molecule has 0 bridgehead atoms. The Balaban J connectivity index is 1.51. The van der Waals surface area contributed by atoms with Crippen molar-refractivity contribution in [1.82, 2.24) is 14.8 Å². The molecule has 5 rings (SSSR count). The zero-order valence-corrected chi connectivity index (χ0v) is 23.1. The van der Waals surface area contributed by atoms with Gasteiger partial charge < -0.3 is 24.9 Å². The highest BCUT2D eigenvalue weighted by molar-refractivity contribution is 7.21. The van der Waals surface area contributed by atoms with Crippen LogP contribution in [0.15, 0.2) is 53.1 Å². The molecule has 0 aliphatic carbocycles. The number of amides is 2. The van der Waals surface area contributed by atoms with Gasteiger partial charge in [-0.1, -0.05) is 12.1 Å². The number of anilines is 1. The quantitative estimate of drug-likeness (QED) is 0.208. The van der Waals surface area contributed by atoms with Gasteiger partial charge in [-0.15, -0.1) is 11.3 Å². The van der Waals surface area contributed by atoms with Gasteiger partial charge in [0.2, 0.25) is 0 Å². The number of ether oxygens (including phenoxy) is 2. The Kier molecular flexibility index (Phi) is 7.70. The fraction of sp³-hybridized carbons (Fsp3) is 0.214. The molecule has 0 saturated carbocycles. The average molecular weight is 582 g/mol. The number of carbonyl (C=O) groups excluding carboxylic acids is 2. The van der Waals surface area contributed by atoms with Crippen molar-refractivity contribution < 1.29 is 32.3 Å². The number of fused-ring (bicyclic) bond motifs is 1. The van der Waals surface area contributed by atoms with E-state index in [-0.39, 0.29) is 27.8 Å². The molecule has 0 radical (unpaired) electrons. The van der Waals surface area contributed by atoms with Crippen molar-refractivity contribution in [2.75, 3.05) is 12.4 Å². The third kappa shape index (κ3) is 5.48. The Morgan fingerprint density at radius 3 is 2.59 bits per heavy atom. The van der Waals surface area contributed by atoms with E-state index < -0.39 is 23.9 Å². The number of nitrogens with zero attached hydrogens (tertiary/aromatic N) is 3. The number of carbonyl (C=O) groups is 2. The van der Waals surface area contributed by atoms with Crippen LogP contribution in [0.3, 0.4) is 0 Å². The molecule has 4 heterocycles. The maximum absolute atomic E-state index is 13.8. The number of thiophene rings is 1. The van der Waals surface area contributed by atoms with E-state index in [1.54, 1.807) is 42.1 Å². The van der Waals surface area contributed by atoms with E-state index in [1.165, 1.54) is 19.2 Å². The SMILES string of the molecule is CCn1cc(-c2cc(C(F)F)nc3sc(C(N)=O)c(NC(=O)c4ccc(COc5ccccc5OC)o4)c23)c(C)n1. The van der Waals surface area contributed by atoms with Gasteiger partial charge in [-0.3, -0.25) is 14.3 Å². The van der Waals surface area contributed by atoms with Crippen molar-refractivity contribution >= 4 is 39.1 Å². The van der Waals surface area contributed by atoms with Crippen molar-refractivity contribution in [2.24, 2.45) is 5.73 Å². The lowest BCUT2D eigenvalue weighted by molar-refractivity contribution is 0.0992. The fourth-order valence-corrected chi connectivity index (χ4v) is 5.33. The predicted molar refractivity (Wildman–Crippen MR) is 149 cm³/mol. The molecule has 3 N–H and O–H groups in total. The first-order valence-electron chi connectivity index (χ1n) is 12.5. The highest BCUT2D eigenvalue weighted by Gasteiger charge is 2.27. The Morgan fingerprint density at radius 2 is 1.93 bits per heavy atom. The third-order valence-corrected chi connectivity index (χ3v) is 7.35. The molecule has 5 aromatic rings. The first kappa shape index (κ1) is 27.8. The Bertz CT molecular complexity index is 1760. The molecule has 0 aliphatic heterocycles.